The van der Waals surface area contributed by atoms with Gasteiger partial charge in [0.05, 0.1) is 5.69 Å². The summed E-state index contributed by atoms with van der Waals surface area (Å²) in [5, 5.41) is 2.10. The van der Waals surface area contributed by atoms with Gasteiger partial charge in [0.25, 0.3) is 0 Å². The summed E-state index contributed by atoms with van der Waals surface area (Å²) in [5.41, 5.74) is 1.22. The number of hydrogen-bond acceptors (Lipinski definition) is 2. The van der Waals surface area contributed by atoms with E-state index in [2.05, 4.69) is 20.9 Å². The zero-order valence-electron chi connectivity index (χ0n) is 14.1. The molecule has 0 bridgehead atoms. The number of anilines is 1. The molecule has 0 aliphatic carbocycles. The summed E-state index contributed by atoms with van der Waals surface area (Å²) in [6, 6.07) is 13.6. The molecule has 1 atom stereocenters. The Morgan fingerprint density at radius 3 is 2.30 bits per heavy atom. The highest BCUT2D eigenvalue weighted by Gasteiger charge is 2.45. The fraction of sp³-hybridized carbons (Fsp3) is 0.150. The van der Waals surface area contributed by atoms with Gasteiger partial charge in [0, 0.05) is 33.1 Å². The largest absolute Gasteiger partial charge is 0.415 e. The number of alkyl halides is 3. The highest BCUT2D eigenvalue weighted by atomic mass is 79.9. The van der Waals surface area contributed by atoms with Crippen LogP contribution in [-0.2, 0) is 0 Å². The first-order valence-electron chi connectivity index (χ1n) is 8.12. The quantitative estimate of drug-likeness (QED) is 0.398. The summed E-state index contributed by atoms with van der Waals surface area (Å²) in [5.74, 6) is 0.258. The Morgan fingerprint density at radius 2 is 1.67 bits per heavy atom. The number of nitrogens with zero attached hydrogens (tertiary/aromatic N) is 2. The van der Waals surface area contributed by atoms with Crippen LogP contribution in [0.5, 0.6) is 0 Å². The first-order valence-corrected chi connectivity index (χ1v) is 9.30. The number of aliphatic imine (C=N–C) groups is 1. The third kappa shape index (κ3) is 3.11. The smallest absolute Gasteiger partial charge is 0.328 e. The van der Waals surface area contributed by atoms with E-state index in [-0.39, 0.29) is 11.4 Å². The van der Waals surface area contributed by atoms with Crippen LogP contribution in [-0.4, -0.2) is 19.1 Å². The van der Waals surface area contributed by atoms with E-state index in [9.17, 15) is 13.2 Å². The molecule has 3 aromatic carbocycles. The van der Waals surface area contributed by atoms with E-state index in [4.69, 9.17) is 11.6 Å². The van der Waals surface area contributed by atoms with Crippen LogP contribution >= 0.6 is 27.5 Å². The predicted molar refractivity (Wildman–Crippen MR) is 107 cm³/mol. The van der Waals surface area contributed by atoms with E-state index in [1.54, 1.807) is 36.2 Å². The monoisotopic (exact) mass is 452 g/mol. The first kappa shape index (κ1) is 18.3. The Bertz CT molecular complexity index is 1060. The van der Waals surface area contributed by atoms with Gasteiger partial charge in [0.1, 0.15) is 5.84 Å². The van der Waals surface area contributed by atoms with Crippen molar-refractivity contribution in [1.29, 1.82) is 0 Å². The van der Waals surface area contributed by atoms with Crippen molar-refractivity contribution in [2.75, 3.05) is 11.9 Å². The van der Waals surface area contributed by atoms with E-state index in [0.29, 0.717) is 20.7 Å². The Hall–Kier alpha value is -2.05. The summed E-state index contributed by atoms with van der Waals surface area (Å²) >= 11 is 9.34. The van der Waals surface area contributed by atoms with Crippen LogP contribution in [0, 0.1) is 0 Å². The summed E-state index contributed by atoms with van der Waals surface area (Å²) in [4.78, 5) is 5.79. The lowest BCUT2D eigenvalue weighted by Gasteiger charge is -2.34. The molecule has 7 heteroatoms. The number of amidine groups is 1. The number of hydrogen-bond donors (Lipinski definition) is 0. The lowest BCUT2D eigenvalue weighted by molar-refractivity contribution is -0.148. The molecular weight excluding hydrogens is 441 g/mol. The zero-order chi connectivity index (χ0) is 19.3. The van der Waals surface area contributed by atoms with Crippen LogP contribution in [0.3, 0.4) is 0 Å². The van der Waals surface area contributed by atoms with Gasteiger partial charge in [0.2, 0.25) is 0 Å². The van der Waals surface area contributed by atoms with Gasteiger partial charge in [-0.1, -0.05) is 51.8 Å². The third-order valence-electron chi connectivity index (χ3n) is 4.61. The minimum absolute atomic E-state index is 0.133. The second kappa shape index (κ2) is 6.53. The fourth-order valence-corrected chi connectivity index (χ4v) is 4.14. The lowest BCUT2D eigenvalue weighted by atomic mass is 9.95. The zero-order valence-corrected chi connectivity index (χ0v) is 16.4. The molecule has 0 saturated carbocycles. The van der Waals surface area contributed by atoms with Crippen LogP contribution in [0.2, 0.25) is 5.02 Å². The SMILES string of the molecule is CN1C(c2ccc(Cl)cc2)=NC(C(F)(F)F)c2cc(Br)c3ccccc3c21. The van der Waals surface area contributed by atoms with Gasteiger partial charge in [-0.3, -0.25) is 0 Å². The molecule has 0 spiro atoms. The van der Waals surface area contributed by atoms with Crippen molar-refractivity contribution in [2.45, 2.75) is 12.2 Å². The topological polar surface area (TPSA) is 15.6 Å². The maximum atomic E-state index is 13.9. The average molecular weight is 454 g/mol. The molecule has 0 aromatic heterocycles. The summed E-state index contributed by atoms with van der Waals surface area (Å²) < 4.78 is 42.2. The van der Waals surface area contributed by atoms with E-state index >= 15 is 0 Å². The Balaban J connectivity index is 2.02. The molecule has 0 fully saturated rings. The molecule has 27 heavy (non-hydrogen) atoms. The fourth-order valence-electron chi connectivity index (χ4n) is 3.42. The summed E-state index contributed by atoms with van der Waals surface area (Å²) in [7, 11) is 1.74. The highest BCUT2D eigenvalue weighted by Crippen LogP contribution is 2.48. The Labute approximate surface area is 167 Å². The highest BCUT2D eigenvalue weighted by molar-refractivity contribution is 9.10. The Morgan fingerprint density at radius 1 is 1.04 bits per heavy atom. The predicted octanol–water partition coefficient (Wildman–Crippen LogP) is 6.76. The van der Waals surface area contributed by atoms with Crippen LogP contribution < -0.4 is 4.90 Å². The van der Waals surface area contributed by atoms with Crippen molar-refractivity contribution in [2.24, 2.45) is 4.99 Å². The molecule has 0 radical (unpaired) electrons. The van der Waals surface area contributed by atoms with Crippen molar-refractivity contribution >= 4 is 49.8 Å². The summed E-state index contributed by atoms with van der Waals surface area (Å²) in [6.45, 7) is 0. The van der Waals surface area contributed by atoms with Crippen LogP contribution in [0.25, 0.3) is 10.8 Å². The van der Waals surface area contributed by atoms with E-state index in [1.807, 2.05) is 24.3 Å². The van der Waals surface area contributed by atoms with E-state index in [1.165, 1.54) is 6.07 Å². The molecule has 2 nitrogen and oxygen atoms in total. The maximum Gasteiger partial charge on any atom is 0.415 e. The minimum atomic E-state index is -4.50. The molecule has 0 saturated heterocycles. The van der Waals surface area contributed by atoms with Crippen molar-refractivity contribution in [3.63, 3.8) is 0 Å². The normalized spacial score (nSPS) is 17.0. The van der Waals surface area contributed by atoms with Gasteiger partial charge in [-0.05, 0) is 35.7 Å². The molecular formula is C20H13BrClF3N2. The lowest BCUT2D eigenvalue weighted by Crippen LogP contribution is -2.36. The van der Waals surface area contributed by atoms with Gasteiger partial charge >= 0.3 is 6.18 Å². The molecule has 1 aliphatic rings. The molecule has 4 rings (SSSR count). The van der Waals surface area contributed by atoms with Gasteiger partial charge in [0.15, 0.2) is 6.04 Å². The van der Waals surface area contributed by atoms with Crippen LogP contribution in [0.4, 0.5) is 18.9 Å². The van der Waals surface area contributed by atoms with Crippen molar-refractivity contribution in [3.8, 4) is 0 Å². The van der Waals surface area contributed by atoms with Crippen LogP contribution in [0.1, 0.15) is 17.2 Å². The van der Waals surface area contributed by atoms with Crippen molar-refractivity contribution in [3.05, 3.63) is 75.2 Å². The number of halogens is 5. The molecule has 3 aromatic rings. The number of benzene rings is 3. The van der Waals surface area contributed by atoms with Gasteiger partial charge in [-0.2, -0.15) is 13.2 Å². The summed E-state index contributed by atoms with van der Waals surface area (Å²) in [6.07, 6.45) is -4.50. The van der Waals surface area contributed by atoms with E-state index in [0.717, 1.165) is 10.8 Å². The molecule has 1 aliphatic heterocycles. The molecule has 138 valence electrons. The number of fused-ring (bicyclic) bond motifs is 3. The first-order chi connectivity index (χ1) is 12.8. The second-order valence-corrected chi connectivity index (χ2v) is 7.60. The standard InChI is InChI=1S/C20H13BrClF3N2/c1-27-17-14-5-3-2-4-13(14)16(21)10-15(17)18(20(23,24)25)26-19(27)11-6-8-12(22)9-7-11/h2-10,18H,1H3. The van der Waals surface area contributed by atoms with Crippen molar-refractivity contribution < 1.29 is 13.2 Å². The van der Waals surface area contributed by atoms with Crippen LogP contribution in [0.15, 0.2) is 64.1 Å². The maximum absolute atomic E-state index is 13.9. The van der Waals surface area contributed by atoms with Gasteiger partial charge in [-0.25, -0.2) is 4.99 Å². The second-order valence-electron chi connectivity index (χ2n) is 6.30. The average Bonchev–Trinajstić information content (AvgIpc) is 2.62. The molecule has 1 heterocycles. The molecule has 0 amide bonds. The van der Waals surface area contributed by atoms with E-state index < -0.39 is 12.2 Å². The van der Waals surface area contributed by atoms with Gasteiger partial charge < -0.3 is 4.90 Å². The minimum Gasteiger partial charge on any atom is -0.328 e. The molecule has 1 unspecified atom stereocenters. The Kier molecular flexibility index (Phi) is 4.43. The molecule has 0 N–H and O–H groups in total. The van der Waals surface area contributed by atoms with Gasteiger partial charge in [-0.15, -0.1) is 0 Å². The van der Waals surface area contributed by atoms with Crippen molar-refractivity contribution in [1.82, 2.24) is 0 Å². The third-order valence-corrected chi connectivity index (χ3v) is 5.51. The number of rotatable bonds is 1.